The van der Waals surface area contributed by atoms with Gasteiger partial charge in [-0.3, -0.25) is 9.48 Å². The number of carbonyl (C=O) groups is 1. The van der Waals surface area contributed by atoms with Crippen LogP contribution in [0.3, 0.4) is 0 Å². The van der Waals surface area contributed by atoms with E-state index in [2.05, 4.69) is 10.4 Å². The molecule has 0 saturated heterocycles. The van der Waals surface area contributed by atoms with Crippen molar-refractivity contribution in [2.24, 2.45) is 12.8 Å². The van der Waals surface area contributed by atoms with Crippen LogP contribution in [-0.2, 0) is 18.3 Å². The van der Waals surface area contributed by atoms with Gasteiger partial charge in [0, 0.05) is 19.8 Å². The molecule has 1 atom stereocenters. The Kier molecular flexibility index (Phi) is 4.26. The van der Waals surface area contributed by atoms with Crippen LogP contribution in [0, 0.1) is 0 Å². The lowest BCUT2D eigenvalue weighted by molar-refractivity contribution is -0.125. The van der Waals surface area contributed by atoms with Crippen LogP contribution in [0.1, 0.15) is 5.56 Å². The summed E-state index contributed by atoms with van der Waals surface area (Å²) in [6.45, 7) is 0.867. The van der Waals surface area contributed by atoms with Crippen molar-refractivity contribution in [1.29, 1.82) is 0 Å². The van der Waals surface area contributed by atoms with Gasteiger partial charge in [-0.2, -0.15) is 5.10 Å². The third-order valence-electron chi connectivity index (χ3n) is 2.01. The Morgan fingerprint density at radius 1 is 1.80 bits per heavy atom. The zero-order chi connectivity index (χ0) is 11.3. The highest BCUT2D eigenvalue weighted by molar-refractivity contribution is 5.78. The molecule has 0 aliphatic carbocycles. The van der Waals surface area contributed by atoms with E-state index in [4.69, 9.17) is 10.8 Å². The third kappa shape index (κ3) is 4.09. The number of aliphatic hydroxyl groups excluding tert-OH is 1. The van der Waals surface area contributed by atoms with Gasteiger partial charge < -0.3 is 16.2 Å². The van der Waals surface area contributed by atoms with Gasteiger partial charge >= 0.3 is 0 Å². The van der Waals surface area contributed by atoms with E-state index in [1.54, 1.807) is 10.9 Å². The van der Waals surface area contributed by atoms with Crippen molar-refractivity contribution in [1.82, 2.24) is 15.1 Å². The largest absolute Gasteiger partial charge is 0.382 e. The molecule has 1 rings (SSSR count). The lowest BCUT2D eigenvalue weighted by Crippen LogP contribution is -2.38. The first-order chi connectivity index (χ1) is 7.09. The minimum absolute atomic E-state index is 0.190. The average Bonchev–Trinajstić information content (AvgIpc) is 2.58. The number of aliphatic hydroxyl groups is 1. The molecule has 84 valence electrons. The van der Waals surface area contributed by atoms with Crippen LogP contribution in [0.2, 0.25) is 0 Å². The Morgan fingerprint density at radius 2 is 2.53 bits per heavy atom. The summed E-state index contributed by atoms with van der Waals surface area (Å²) in [5.41, 5.74) is 6.00. The number of hydrogen-bond acceptors (Lipinski definition) is 4. The summed E-state index contributed by atoms with van der Waals surface area (Å²) in [6.07, 6.45) is 3.40. The molecule has 6 nitrogen and oxygen atoms in total. The minimum atomic E-state index is -1.11. The zero-order valence-electron chi connectivity index (χ0n) is 8.68. The van der Waals surface area contributed by atoms with Gasteiger partial charge in [-0.05, 0) is 18.5 Å². The van der Waals surface area contributed by atoms with Crippen molar-refractivity contribution >= 4 is 5.91 Å². The van der Waals surface area contributed by atoms with Crippen LogP contribution in [0.25, 0.3) is 0 Å². The number of primary amides is 1. The standard InChI is InChI=1S/C9H16N4O2/c1-13-6-7(4-12-13)2-3-11-5-8(14)9(10)15/h4,6,8,11,14H,2-3,5H2,1H3,(H2,10,15). The summed E-state index contributed by atoms with van der Waals surface area (Å²) in [7, 11) is 1.85. The van der Waals surface area contributed by atoms with E-state index in [-0.39, 0.29) is 6.54 Å². The normalized spacial score (nSPS) is 12.7. The predicted molar refractivity (Wildman–Crippen MR) is 55.0 cm³/mol. The predicted octanol–water partition coefficient (Wildman–Crippen LogP) is -1.60. The molecule has 0 saturated carbocycles. The Balaban J connectivity index is 2.14. The van der Waals surface area contributed by atoms with Crippen molar-refractivity contribution in [2.75, 3.05) is 13.1 Å². The van der Waals surface area contributed by atoms with Crippen molar-refractivity contribution in [3.05, 3.63) is 18.0 Å². The summed E-state index contributed by atoms with van der Waals surface area (Å²) < 4.78 is 1.73. The highest BCUT2D eigenvalue weighted by Crippen LogP contribution is 1.95. The number of nitrogens with two attached hydrogens (primary N) is 1. The SMILES string of the molecule is Cn1cc(CCNCC(O)C(N)=O)cn1. The van der Waals surface area contributed by atoms with E-state index in [1.807, 2.05) is 13.2 Å². The second-order valence-corrected chi connectivity index (χ2v) is 3.39. The van der Waals surface area contributed by atoms with Gasteiger partial charge in [0.1, 0.15) is 6.10 Å². The van der Waals surface area contributed by atoms with Gasteiger partial charge in [0.25, 0.3) is 0 Å². The quantitative estimate of drug-likeness (QED) is 0.495. The Hall–Kier alpha value is -1.40. The van der Waals surface area contributed by atoms with Crippen molar-refractivity contribution in [3.63, 3.8) is 0 Å². The highest BCUT2D eigenvalue weighted by atomic mass is 16.3. The van der Waals surface area contributed by atoms with Crippen LogP contribution < -0.4 is 11.1 Å². The first-order valence-electron chi connectivity index (χ1n) is 4.75. The number of carbonyl (C=O) groups excluding carboxylic acids is 1. The molecule has 0 spiro atoms. The maximum atomic E-state index is 10.5. The fourth-order valence-electron chi connectivity index (χ4n) is 1.17. The molecule has 1 aromatic rings. The molecule has 1 amide bonds. The number of aryl methyl sites for hydroxylation is 1. The molecular weight excluding hydrogens is 196 g/mol. The molecule has 1 aromatic heterocycles. The number of amides is 1. The fourth-order valence-corrected chi connectivity index (χ4v) is 1.17. The summed E-state index contributed by atoms with van der Waals surface area (Å²) in [6, 6.07) is 0. The van der Waals surface area contributed by atoms with Gasteiger partial charge in [0.05, 0.1) is 6.20 Å². The van der Waals surface area contributed by atoms with Gasteiger partial charge in [0.2, 0.25) is 5.91 Å². The zero-order valence-corrected chi connectivity index (χ0v) is 8.68. The molecule has 6 heteroatoms. The Morgan fingerprint density at radius 3 is 3.07 bits per heavy atom. The Labute approximate surface area is 88.1 Å². The number of rotatable bonds is 6. The molecule has 4 N–H and O–H groups in total. The van der Waals surface area contributed by atoms with E-state index >= 15 is 0 Å². The summed E-state index contributed by atoms with van der Waals surface area (Å²) in [5.74, 6) is -0.705. The van der Waals surface area contributed by atoms with E-state index < -0.39 is 12.0 Å². The van der Waals surface area contributed by atoms with E-state index in [1.165, 1.54) is 0 Å². The van der Waals surface area contributed by atoms with Gasteiger partial charge in [-0.1, -0.05) is 0 Å². The van der Waals surface area contributed by atoms with E-state index in [0.29, 0.717) is 6.54 Å². The van der Waals surface area contributed by atoms with Gasteiger partial charge in [-0.15, -0.1) is 0 Å². The molecule has 0 fully saturated rings. The van der Waals surface area contributed by atoms with Crippen LogP contribution in [-0.4, -0.2) is 40.0 Å². The number of hydrogen-bond donors (Lipinski definition) is 3. The minimum Gasteiger partial charge on any atom is -0.382 e. The van der Waals surface area contributed by atoms with Crippen LogP contribution >= 0.6 is 0 Å². The van der Waals surface area contributed by atoms with Gasteiger partial charge in [0.15, 0.2) is 0 Å². The summed E-state index contributed by atoms with van der Waals surface area (Å²) in [5, 5.41) is 16.0. The fraction of sp³-hybridized carbons (Fsp3) is 0.556. The molecule has 1 heterocycles. The molecule has 0 bridgehead atoms. The first kappa shape index (κ1) is 11.7. The Bertz CT molecular complexity index is 324. The highest BCUT2D eigenvalue weighted by Gasteiger charge is 2.08. The van der Waals surface area contributed by atoms with Crippen LogP contribution in [0.5, 0.6) is 0 Å². The number of nitrogens with zero attached hydrogens (tertiary/aromatic N) is 2. The molecule has 0 radical (unpaired) electrons. The molecule has 0 aliphatic heterocycles. The maximum Gasteiger partial charge on any atom is 0.247 e. The second-order valence-electron chi connectivity index (χ2n) is 3.39. The molecular formula is C9H16N4O2. The van der Waals surface area contributed by atoms with Crippen LogP contribution in [0.4, 0.5) is 0 Å². The van der Waals surface area contributed by atoms with E-state index in [0.717, 1.165) is 12.0 Å². The molecule has 1 unspecified atom stereocenters. The van der Waals surface area contributed by atoms with E-state index in [9.17, 15) is 4.79 Å². The monoisotopic (exact) mass is 212 g/mol. The third-order valence-corrected chi connectivity index (χ3v) is 2.01. The van der Waals surface area contributed by atoms with Crippen molar-refractivity contribution in [3.8, 4) is 0 Å². The van der Waals surface area contributed by atoms with Crippen molar-refractivity contribution in [2.45, 2.75) is 12.5 Å². The molecule has 15 heavy (non-hydrogen) atoms. The molecule has 0 aromatic carbocycles. The van der Waals surface area contributed by atoms with Gasteiger partial charge in [-0.25, -0.2) is 0 Å². The topological polar surface area (TPSA) is 93.2 Å². The maximum absolute atomic E-state index is 10.5. The average molecular weight is 212 g/mol. The second kappa shape index (κ2) is 5.47. The smallest absolute Gasteiger partial charge is 0.247 e. The lowest BCUT2D eigenvalue weighted by Gasteiger charge is -2.07. The van der Waals surface area contributed by atoms with Crippen molar-refractivity contribution < 1.29 is 9.90 Å². The number of nitrogens with one attached hydrogen (secondary N) is 1. The summed E-state index contributed by atoms with van der Waals surface area (Å²) in [4.78, 5) is 10.5. The summed E-state index contributed by atoms with van der Waals surface area (Å²) >= 11 is 0. The molecule has 0 aliphatic rings. The van der Waals surface area contributed by atoms with Crippen LogP contribution in [0.15, 0.2) is 12.4 Å². The number of aromatic nitrogens is 2. The lowest BCUT2D eigenvalue weighted by atomic mass is 10.2. The first-order valence-corrected chi connectivity index (χ1v) is 4.75.